The Hall–Kier alpha value is -1.29. The number of nitrogen functional groups attached to an aromatic ring is 1. The van der Waals surface area contributed by atoms with Crippen LogP contribution in [0.4, 0.5) is 5.69 Å². The summed E-state index contributed by atoms with van der Waals surface area (Å²) in [5.74, 6) is 0. The molecule has 0 aromatic carbocycles. The van der Waals surface area contributed by atoms with Crippen molar-refractivity contribution >= 4 is 17.0 Å². The maximum absolute atomic E-state index is 5.95. The summed E-state index contributed by atoms with van der Waals surface area (Å²) in [6, 6.07) is 4.47. The summed E-state index contributed by atoms with van der Waals surface area (Å²) in [7, 11) is 0. The molecule has 0 aliphatic carbocycles. The van der Waals surface area contributed by atoms with Crippen molar-refractivity contribution in [2.24, 2.45) is 0 Å². The van der Waals surface area contributed by atoms with Crippen molar-refractivity contribution in [1.29, 1.82) is 0 Å². The SMILES string of the molecule is CCC(C)n1cc(N)c(-c2cccs2)n1. The van der Waals surface area contributed by atoms with E-state index in [1.807, 2.05) is 28.4 Å². The topological polar surface area (TPSA) is 43.8 Å². The van der Waals surface area contributed by atoms with Gasteiger partial charge in [-0.2, -0.15) is 5.10 Å². The van der Waals surface area contributed by atoms with E-state index >= 15 is 0 Å². The summed E-state index contributed by atoms with van der Waals surface area (Å²) in [4.78, 5) is 1.13. The van der Waals surface area contributed by atoms with Crippen molar-refractivity contribution in [1.82, 2.24) is 9.78 Å². The van der Waals surface area contributed by atoms with Crippen molar-refractivity contribution in [3.63, 3.8) is 0 Å². The van der Waals surface area contributed by atoms with Gasteiger partial charge in [0.25, 0.3) is 0 Å². The van der Waals surface area contributed by atoms with Crippen molar-refractivity contribution in [3.8, 4) is 10.6 Å². The molecule has 0 saturated carbocycles. The Labute approximate surface area is 93.5 Å². The summed E-state index contributed by atoms with van der Waals surface area (Å²) in [5.41, 5.74) is 7.62. The molecule has 2 rings (SSSR count). The van der Waals surface area contributed by atoms with Crippen LogP contribution < -0.4 is 5.73 Å². The second-order valence-corrected chi connectivity index (χ2v) is 4.60. The molecular formula is C11H15N3S. The third-order valence-electron chi connectivity index (χ3n) is 2.56. The van der Waals surface area contributed by atoms with Crippen molar-refractivity contribution in [3.05, 3.63) is 23.7 Å². The van der Waals surface area contributed by atoms with E-state index in [1.165, 1.54) is 0 Å². The molecule has 0 saturated heterocycles. The van der Waals surface area contributed by atoms with E-state index in [1.54, 1.807) is 11.3 Å². The maximum atomic E-state index is 5.95. The third-order valence-corrected chi connectivity index (χ3v) is 3.43. The lowest BCUT2D eigenvalue weighted by molar-refractivity contribution is 0.479. The molecule has 80 valence electrons. The van der Waals surface area contributed by atoms with Crippen LogP contribution >= 0.6 is 11.3 Å². The Morgan fingerprint density at radius 2 is 2.40 bits per heavy atom. The van der Waals surface area contributed by atoms with Gasteiger partial charge < -0.3 is 5.73 Å². The number of hydrogen-bond acceptors (Lipinski definition) is 3. The van der Waals surface area contributed by atoms with E-state index < -0.39 is 0 Å². The molecule has 0 fully saturated rings. The smallest absolute Gasteiger partial charge is 0.125 e. The Bertz CT molecular complexity index is 431. The summed E-state index contributed by atoms with van der Waals surface area (Å²) in [5, 5.41) is 6.56. The zero-order valence-corrected chi connectivity index (χ0v) is 9.79. The van der Waals surface area contributed by atoms with Gasteiger partial charge in [-0.05, 0) is 24.8 Å². The zero-order chi connectivity index (χ0) is 10.8. The van der Waals surface area contributed by atoms with Crippen LogP contribution in [0.1, 0.15) is 26.3 Å². The Morgan fingerprint density at radius 3 is 3.00 bits per heavy atom. The highest BCUT2D eigenvalue weighted by molar-refractivity contribution is 7.13. The van der Waals surface area contributed by atoms with Crippen LogP contribution in [0.25, 0.3) is 10.6 Å². The summed E-state index contributed by atoms with van der Waals surface area (Å²) < 4.78 is 1.95. The molecule has 2 heterocycles. The first-order valence-electron chi connectivity index (χ1n) is 5.11. The van der Waals surface area contributed by atoms with Gasteiger partial charge in [-0.1, -0.05) is 13.0 Å². The van der Waals surface area contributed by atoms with Gasteiger partial charge in [0.05, 0.1) is 10.6 Å². The van der Waals surface area contributed by atoms with Gasteiger partial charge in [-0.15, -0.1) is 11.3 Å². The number of hydrogen-bond donors (Lipinski definition) is 1. The quantitative estimate of drug-likeness (QED) is 0.865. The molecule has 1 unspecified atom stereocenters. The van der Waals surface area contributed by atoms with E-state index in [9.17, 15) is 0 Å². The molecule has 0 spiro atoms. The fraction of sp³-hybridized carbons (Fsp3) is 0.364. The fourth-order valence-corrected chi connectivity index (χ4v) is 2.15. The van der Waals surface area contributed by atoms with E-state index in [0.29, 0.717) is 6.04 Å². The molecule has 0 bridgehead atoms. The van der Waals surface area contributed by atoms with Crippen LogP contribution in [0.3, 0.4) is 0 Å². The largest absolute Gasteiger partial charge is 0.396 e. The molecule has 0 radical (unpaired) electrons. The number of nitrogens with two attached hydrogens (primary N) is 1. The molecule has 15 heavy (non-hydrogen) atoms. The van der Waals surface area contributed by atoms with Gasteiger partial charge in [0.2, 0.25) is 0 Å². The highest BCUT2D eigenvalue weighted by Crippen LogP contribution is 2.29. The van der Waals surface area contributed by atoms with Crippen molar-refractivity contribution < 1.29 is 0 Å². The predicted octanol–water partition coefficient (Wildman–Crippen LogP) is 3.16. The van der Waals surface area contributed by atoms with Crippen LogP contribution in [-0.2, 0) is 0 Å². The minimum Gasteiger partial charge on any atom is -0.396 e. The molecular weight excluding hydrogens is 206 g/mol. The second kappa shape index (κ2) is 4.06. The van der Waals surface area contributed by atoms with Gasteiger partial charge in [0.1, 0.15) is 5.69 Å². The number of thiophene rings is 1. The molecule has 0 amide bonds. The average molecular weight is 221 g/mol. The summed E-state index contributed by atoms with van der Waals surface area (Å²) in [6.07, 6.45) is 2.98. The van der Waals surface area contributed by atoms with Crippen LogP contribution in [0.15, 0.2) is 23.7 Å². The second-order valence-electron chi connectivity index (χ2n) is 3.65. The van der Waals surface area contributed by atoms with Gasteiger partial charge in [0, 0.05) is 12.2 Å². The summed E-state index contributed by atoms with van der Waals surface area (Å²) >= 11 is 1.67. The molecule has 3 nitrogen and oxygen atoms in total. The lowest BCUT2D eigenvalue weighted by Gasteiger charge is -2.07. The lowest BCUT2D eigenvalue weighted by Crippen LogP contribution is -2.03. The van der Waals surface area contributed by atoms with Gasteiger partial charge >= 0.3 is 0 Å². The van der Waals surface area contributed by atoms with E-state index in [2.05, 4.69) is 18.9 Å². The fourth-order valence-electron chi connectivity index (χ4n) is 1.42. The number of anilines is 1. The molecule has 1 atom stereocenters. The van der Waals surface area contributed by atoms with E-state index in [4.69, 9.17) is 5.73 Å². The molecule has 0 aliphatic rings. The molecule has 4 heteroatoms. The van der Waals surface area contributed by atoms with Gasteiger partial charge in [-0.3, -0.25) is 4.68 Å². The first-order chi connectivity index (χ1) is 7.22. The van der Waals surface area contributed by atoms with E-state index in [-0.39, 0.29) is 0 Å². The third kappa shape index (κ3) is 1.90. The normalized spacial score (nSPS) is 12.9. The highest BCUT2D eigenvalue weighted by Gasteiger charge is 2.11. The van der Waals surface area contributed by atoms with Crippen molar-refractivity contribution in [2.75, 3.05) is 5.73 Å². The first-order valence-corrected chi connectivity index (χ1v) is 5.98. The monoisotopic (exact) mass is 221 g/mol. The van der Waals surface area contributed by atoms with Crippen LogP contribution in [-0.4, -0.2) is 9.78 Å². The molecule has 2 aromatic rings. The van der Waals surface area contributed by atoms with Crippen molar-refractivity contribution in [2.45, 2.75) is 26.3 Å². The zero-order valence-electron chi connectivity index (χ0n) is 8.97. The standard InChI is InChI=1S/C11H15N3S/c1-3-8(2)14-7-9(12)11(13-14)10-5-4-6-15-10/h4-8H,3,12H2,1-2H3. The van der Waals surface area contributed by atoms with E-state index in [0.717, 1.165) is 22.7 Å². The summed E-state index contributed by atoms with van der Waals surface area (Å²) in [6.45, 7) is 4.29. The van der Waals surface area contributed by atoms with Gasteiger partial charge in [-0.25, -0.2) is 0 Å². The molecule has 0 aliphatic heterocycles. The minimum atomic E-state index is 0.404. The highest BCUT2D eigenvalue weighted by atomic mass is 32.1. The van der Waals surface area contributed by atoms with Crippen LogP contribution in [0.2, 0.25) is 0 Å². The lowest BCUT2D eigenvalue weighted by atomic mass is 10.3. The average Bonchev–Trinajstić information content (AvgIpc) is 2.84. The molecule has 2 aromatic heterocycles. The Morgan fingerprint density at radius 1 is 1.60 bits per heavy atom. The predicted molar refractivity (Wildman–Crippen MR) is 65.0 cm³/mol. The first kappa shape index (κ1) is 10.2. The Balaban J connectivity index is 2.38. The number of aromatic nitrogens is 2. The number of nitrogens with zero attached hydrogens (tertiary/aromatic N) is 2. The number of rotatable bonds is 3. The minimum absolute atomic E-state index is 0.404. The maximum Gasteiger partial charge on any atom is 0.125 e. The van der Waals surface area contributed by atoms with Crippen LogP contribution in [0.5, 0.6) is 0 Å². The Kier molecular flexibility index (Phi) is 2.77. The van der Waals surface area contributed by atoms with Gasteiger partial charge in [0.15, 0.2) is 0 Å². The molecule has 2 N–H and O–H groups in total. The van der Waals surface area contributed by atoms with Crippen LogP contribution in [0, 0.1) is 0 Å².